The first kappa shape index (κ1) is 21.5. The fourth-order valence-electron chi connectivity index (χ4n) is 4.69. The smallest absolute Gasteiger partial charge is 0.341 e. The predicted octanol–water partition coefficient (Wildman–Crippen LogP) is 3.05. The minimum atomic E-state index is -1.30. The number of rotatable bonds is 6. The number of carboxylic acid groups (broad SMARTS) is 1. The van der Waals surface area contributed by atoms with E-state index in [-0.39, 0.29) is 34.9 Å². The van der Waals surface area contributed by atoms with Crippen LogP contribution < -0.4 is 10.3 Å². The van der Waals surface area contributed by atoms with Crippen molar-refractivity contribution in [1.29, 1.82) is 0 Å². The van der Waals surface area contributed by atoms with Gasteiger partial charge in [-0.3, -0.25) is 14.5 Å². The van der Waals surface area contributed by atoms with E-state index in [1.165, 1.54) is 12.3 Å². The lowest BCUT2D eigenvalue weighted by atomic mass is 10.0. The van der Waals surface area contributed by atoms with Gasteiger partial charge in [-0.25, -0.2) is 9.18 Å². The molecule has 2 aliphatic rings. The average molecular weight is 429 g/mol. The number of pyridine rings is 1. The summed E-state index contributed by atoms with van der Waals surface area (Å²) in [5.74, 6) is -1.66. The number of hydrogen-bond donors (Lipinski definition) is 1. The number of aromatic nitrogens is 1. The number of aromatic carboxylic acids is 1. The van der Waals surface area contributed by atoms with Gasteiger partial charge in [-0.2, -0.15) is 0 Å². The first-order valence-electron chi connectivity index (χ1n) is 10.8. The second kappa shape index (κ2) is 8.07. The maximum Gasteiger partial charge on any atom is 0.341 e. The van der Waals surface area contributed by atoms with Gasteiger partial charge in [-0.15, -0.1) is 0 Å². The van der Waals surface area contributed by atoms with Crippen LogP contribution in [-0.4, -0.2) is 58.0 Å². The number of nitrogens with zero attached hydrogens (tertiary/aromatic N) is 3. The number of halogens is 1. The van der Waals surface area contributed by atoms with Crippen LogP contribution in [0.5, 0.6) is 0 Å². The van der Waals surface area contributed by atoms with E-state index in [4.69, 9.17) is 0 Å². The van der Waals surface area contributed by atoms with Crippen LogP contribution >= 0.6 is 0 Å². The molecule has 166 valence electrons. The third-order valence-electron chi connectivity index (χ3n) is 6.44. The quantitative estimate of drug-likeness (QED) is 0.760. The normalized spacial score (nSPS) is 22.1. The number of carbonyl (C=O) groups excluding carboxylic acids is 1. The van der Waals surface area contributed by atoms with E-state index >= 15 is 4.39 Å². The Bertz CT molecular complexity index is 1100. The van der Waals surface area contributed by atoms with Crippen LogP contribution in [0.25, 0.3) is 10.9 Å². The molecule has 31 heavy (non-hydrogen) atoms. The molecule has 2 atom stereocenters. The Morgan fingerprint density at radius 1 is 1.16 bits per heavy atom. The molecule has 1 aliphatic carbocycles. The molecule has 1 saturated carbocycles. The molecule has 1 saturated heterocycles. The summed E-state index contributed by atoms with van der Waals surface area (Å²) in [5, 5.41) is 9.51. The van der Waals surface area contributed by atoms with Crippen molar-refractivity contribution in [2.45, 2.75) is 58.2 Å². The molecule has 2 unspecified atom stereocenters. The Morgan fingerprint density at radius 2 is 1.81 bits per heavy atom. The van der Waals surface area contributed by atoms with Gasteiger partial charge in [-0.1, -0.05) is 0 Å². The molecule has 4 rings (SSSR count). The Kier molecular flexibility index (Phi) is 5.60. The van der Waals surface area contributed by atoms with Crippen molar-refractivity contribution in [2.24, 2.45) is 0 Å². The molecule has 0 bridgehead atoms. The number of anilines is 1. The number of carbonyl (C=O) groups is 2. The van der Waals surface area contributed by atoms with E-state index in [2.05, 4.69) is 18.7 Å². The third kappa shape index (κ3) is 4.08. The number of ketones is 1. The Morgan fingerprint density at radius 3 is 2.35 bits per heavy atom. The number of piperazine rings is 1. The molecule has 1 aromatic carbocycles. The molecule has 7 nitrogen and oxygen atoms in total. The summed E-state index contributed by atoms with van der Waals surface area (Å²) in [6.45, 7) is 7.62. The van der Waals surface area contributed by atoms with Crippen LogP contribution in [0.2, 0.25) is 0 Å². The number of carboxylic acids is 1. The zero-order valence-electron chi connectivity index (χ0n) is 18.1. The van der Waals surface area contributed by atoms with Gasteiger partial charge in [0.2, 0.25) is 5.43 Å². The third-order valence-corrected chi connectivity index (χ3v) is 6.44. The lowest BCUT2D eigenvalue weighted by molar-refractivity contribution is -0.117. The molecule has 1 aromatic heterocycles. The molecule has 0 amide bonds. The summed E-state index contributed by atoms with van der Waals surface area (Å²) < 4.78 is 17.0. The highest BCUT2D eigenvalue weighted by Gasteiger charge is 2.32. The second-order valence-corrected chi connectivity index (χ2v) is 8.93. The van der Waals surface area contributed by atoms with E-state index in [1.54, 1.807) is 13.0 Å². The standard InChI is InChI=1S/C23H28FN3O4/c1-13-10-25(11-14(2)26(13)7-6-15(3)28)21-9-20-17(8-19(21)24)22(29)18(23(30)31)12-27(20)16-4-5-16/h8-9,12-14,16H,4-7,10-11H2,1-3H3,(H,30,31). The van der Waals surface area contributed by atoms with Crippen LogP contribution in [0, 0.1) is 5.82 Å². The molecular weight excluding hydrogens is 401 g/mol. The highest BCUT2D eigenvalue weighted by molar-refractivity contribution is 5.93. The van der Waals surface area contributed by atoms with Gasteiger partial charge in [0, 0.05) is 55.8 Å². The maximum absolute atomic E-state index is 15.2. The minimum Gasteiger partial charge on any atom is -0.477 e. The van der Waals surface area contributed by atoms with Crippen molar-refractivity contribution in [3.63, 3.8) is 0 Å². The van der Waals surface area contributed by atoms with E-state index in [1.807, 2.05) is 9.47 Å². The zero-order valence-corrected chi connectivity index (χ0v) is 18.1. The fourth-order valence-corrected chi connectivity index (χ4v) is 4.69. The summed E-state index contributed by atoms with van der Waals surface area (Å²) in [4.78, 5) is 39.8. The lowest BCUT2D eigenvalue weighted by Crippen LogP contribution is -2.57. The van der Waals surface area contributed by atoms with Crippen LogP contribution in [-0.2, 0) is 4.79 Å². The van der Waals surface area contributed by atoms with Crippen molar-refractivity contribution >= 4 is 28.3 Å². The van der Waals surface area contributed by atoms with Gasteiger partial charge in [0.25, 0.3) is 0 Å². The van der Waals surface area contributed by atoms with Gasteiger partial charge in [-0.05, 0) is 45.7 Å². The Hall–Kier alpha value is -2.74. The molecular formula is C23H28FN3O4. The van der Waals surface area contributed by atoms with Crippen molar-refractivity contribution in [2.75, 3.05) is 24.5 Å². The van der Waals surface area contributed by atoms with Gasteiger partial charge in [0.1, 0.15) is 17.2 Å². The van der Waals surface area contributed by atoms with E-state index in [9.17, 15) is 19.5 Å². The van der Waals surface area contributed by atoms with E-state index in [0.29, 0.717) is 37.3 Å². The van der Waals surface area contributed by atoms with Crippen molar-refractivity contribution in [3.05, 3.63) is 39.9 Å². The number of fused-ring (bicyclic) bond motifs is 1. The predicted molar refractivity (Wildman–Crippen MR) is 117 cm³/mol. The lowest BCUT2D eigenvalue weighted by Gasteiger charge is -2.45. The molecule has 2 aromatic rings. The fraction of sp³-hybridized carbons (Fsp3) is 0.522. The summed E-state index contributed by atoms with van der Waals surface area (Å²) in [6.07, 6.45) is 3.72. The maximum atomic E-state index is 15.2. The largest absolute Gasteiger partial charge is 0.477 e. The summed E-state index contributed by atoms with van der Waals surface area (Å²) in [6, 6.07) is 3.30. The SMILES string of the molecule is CC(=O)CCN1C(C)CN(c2cc3c(cc2F)c(=O)c(C(=O)O)cn3C2CC2)CC1C. The Balaban J connectivity index is 1.72. The number of hydrogen-bond acceptors (Lipinski definition) is 5. The van der Waals surface area contributed by atoms with E-state index in [0.717, 1.165) is 12.8 Å². The van der Waals surface area contributed by atoms with Crippen molar-refractivity contribution < 1.29 is 19.1 Å². The summed E-state index contributed by atoms with van der Waals surface area (Å²) in [7, 11) is 0. The topological polar surface area (TPSA) is 82.8 Å². The Labute approximate surface area is 180 Å². The molecule has 1 N–H and O–H groups in total. The molecule has 0 spiro atoms. The van der Waals surface area contributed by atoms with Gasteiger partial charge < -0.3 is 14.6 Å². The summed E-state index contributed by atoms with van der Waals surface area (Å²) in [5.41, 5.74) is 0.0241. The van der Waals surface area contributed by atoms with E-state index < -0.39 is 17.2 Å². The van der Waals surface area contributed by atoms with Crippen LogP contribution in [0.3, 0.4) is 0 Å². The molecule has 2 fully saturated rings. The first-order chi connectivity index (χ1) is 14.7. The van der Waals surface area contributed by atoms with Gasteiger partial charge >= 0.3 is 5.97 Å². The van der Waals surface area contributed by atoms with Crippen molar-refractivity contribution in [1.82, 2.24) is 9.47 Å². The second-order valence-electron chi connectivity index (χ2n) is 8.93. The van der Waals surface area contributed by atoms with Crippen LogP contribution in [0.1, 0.15) is 56.4 Å². The van der Waals surface area contributed by atoms with Crippen molar-refractivity contribution in [3.8, 4) is 0 Å². The minimum absolute atomic E-state index is 0.106. The number of benzene rings is 1. The molecule has 8 heteroatoms. The molecule has 2 heterocycles. The molecule has 0 radical (unpaired) electrons. The zero-order chi connectivity index (χ0) is 22.4. The monoisotopic (exact) mass is 429 g/mol. The average Bonchev–Trinajstić information content (AvgIpc) is 3.52. The van der Waals surface area contributed by atoms with Crippen LogP contribution in [0.15, 0.2) is 23.1 Å². The highest BCUT2D eigenvalue weighted by atomic mass is 19.1. The molecule has 1 aliphatic heterocycles. The first-order valence-corrected chi connectivity index (χ1v) is 10.8. The van der Waals surface area contributed by atoms with Gasteiger partial charge in [0.05, 0.1) is 11.2 Å². The van der Waals surface area contributed by atoms with Gasteiger partial charge in [0.15, 0.2) is 0 Å². The van der Waals surface area contributed by atoms with Crippen LogP contribution in [0.4, 0.5) is 10.1 Å². The highest BCUT2D eigenvalue weighted by Crippen LogP contribution is 2.38. The summed E-state index contributed by atoms with van der Waals surface area (Å²) >= 11 is 0. The number of Topliss-reactive ketones (excluding diaryl/α,β-unsaturated/α-hetero) is 1.